The van der Waals surface area contributed by atoms with Crippen molar-refractivity contribution in [2.75, 3.05) is 12.3 Å². The molecule has 1 heterocycles. The summed E-state index contributed by atoms with van der Waals surface area (Å²) in [4.78, 5) is 11.8. The van der Waals surface area contributed by atoms with Gasteiger partial charge < -0.3 is 10.5 Å². The lowest BCUT2D eigenvalue weighted by molar-refractivity contribution is 0.0486. The minimum atomic E-state index is -0.402. The fourth-order valence-electron chi connectivity index (χ4n) is 1.44. The highest BCUT2D eigenvalue weighted by molar-refractivity contribution is 9.10. The summed E-state index contributed by atoms with van der Waals surface area (Å²) >= 11 is 3.29. The Morgan fingerprint density at radius 2 is 2.33 bits per heavy atom. The SMILES string of the molecule is Nc1ccc(Br)c(C(=O)OCCn2cccn2)c1. The van der Waals surface area contributed by atoms with Crippen molar-refractivity contribution >= 4 is 27.6 Å². The van der Waals surface area contributed by atoms with Crippen LogP contribution in [-0.2, 0) is 11.3 Å². The third-order valence-electron chi connectivity index (χ3n) is 2.32. The number of esters is 1. The van der Waals surface area contributed by atoms with E-state index in [2.05, 4.69) is 21.0 Å². The van der Waals surface area contributed by atoms with E-state index >= 15 is 0 Å². The Morgan fingerprint density at radius 3 is 3.06 bits per heavy atom. The van der Waals surface area contributed by atoms with Gasteiger partial charge in [-0.2, -0.15) is 5.10 Å². The van der Waals surface area contributed by atoms with E-state index in [4.69, 9.17) is 10.5 Å². The number of nitrogen functional groups attached to an aromatic ring is 1. The molecule has 2 aromatic rings. The molecule has 0 fully saturated rings. The van der Waals surface area contributed by atoms with Gasteiger partial charge in [-0.1, -0.05) is 0 Å². The molecule has 0 saturated heterocycles. The van der Waals surface area contributed by atoms with Crippen molar-refractivity contribution in [2.45, 2.75) is 6.54 Å². The number of nitrogens with zero attached hydrogens (tertiary/aromatic N) is 2. The van der Waals surface area contributed by atoms with Crippen molar-refractivity contribution in [3.8, 4) is 0 Å². The molecule has 0 aliphatic rings. The third kappa shape index (κ3) is 3.10. The molecule has 6 heteroatoms. The van der Waals surface area contributed by atoms with Crippen LogP contribution in [0.15, 0.2) is 41.1 Å². The first-order valence-electron chi connectivity index (χ1n) is 5.36. The Kier molecular flexibility index (Phi) is 3.99. The highest BCUT2D eigenvalue weighted by Gasteiger charge is 2.11. The van der Waals surface area contributed by atoms with Crippen LogP contribution >= 0.6 is 15.9 Å². The number of carbonyl (C=O) groups is 1. The van der Waals surface area contributed by atoms with E-state index in [0.29, 0.717) is 22.3 Å². The molecule has 1 aromatic carbocycles. The summed E-state index contributed by atoms with van der Waals surface area (Å²) in [6.45, 7) is 0.792. The topological polar surface area (TPSA) is 70.1 Å². The predicted molar refractivity (Wildman–Crippen MR) is 71.1 cm³/mol. The second kappa shape index (κ2) is 5.68. The van der Waals surface area contributed by atoms with E-state index in [1.165, 1.54) is 0 Å². The zero-order valence-corrected chi connectivity index (χ0v) is 11.1. The van der Waals surface area contributed by atoms with Crippen LogP contribution < -0.4 is 5.73 Å². The summed E-state index contributed by atoms with van der Waals surface area (Å²) in [7, 11) is 0. The van der Waals surface area contributed by atoms with Crippen molar-refractivity contribution in [3.05, 3.63) is 46.7 Å². The van der Waals surface area contributed by atoms with Gasteiger partial charge in [0.1, 0.15) is 6.61 Å². The van der Waals surface area contributed by atoms with E-state index < -0.39 is 5.97 Å². The lowest BCUT2D eigenvalue weighted by Crippen LogP contribution is -2.12. The fraction of sp³-hybridized carbons (Fsp3) is 0.167. The minimum Gasteiger partial charge on any atom is -0.460 e. The number of hydrogen-bond donors (Lipinski definition) is 1. The smallest absolute Gasteiger partial charge is 0.339 e. The first-order valence-corrected chi connectivity index (χ1v) is 6.15. The van der Waals surface area contributed by atoms with Crippen LogP contribution in [0.1, 0.15) is 10.4 Å². The quantitative estimate of drug-likeness (QED) is 0.693. The molecule has 0 saturated carbocycles. The van der Waals surface area contributed by atoms with Crippen LogP contribution in [0.3, 0.4) is 0 Å². The standard InChI is InChI=1S/C12H12BrN3O2/c13-11-3-2-9(14)8-10(11)12(17)18-7-6-16-5-1-4-15-16/h1-5,8H,6-7,14H2. The van der Waals surface area contributed by atoms with Crippen molar-refractivity contribution in [1.29, 1.82) is 0 Å². The number of hydrogen-bond acceptors (Lipinski definition) is 4. The fourth-order valence-corrected chi connectivity index (χ4v) is 1.85. The molecule has 0 bridgehead atoms. The molecular weight excluding hydrogens is 298 g/mol. The zero-order valence-electron chi connectivity index (χ0n) is 9.54. The molecule has 0 aliphatic heterocycles. The number of aromatic nitrogens is 2. The van der Waals surface area contributed by atoms with Gasteiger partial charge in [-0.05, 0) is 40.2 Å². The van der Waals surface area contributed by atoms with Gasteiger partial charge in [0, 0.05) is 22.6 Å². The van der Waals surface area contributed by atoms with E-state index in [9.17, 15) is 4.79 Å². The summed E-state index contributed by atoms with van der Waals surface area (Å²) < 4.78 is 7.52. The van der Waals surface area contributed by atoms with Gasteiger partial charge in [-0.15, -0.1) is 0 Å². The Balaban J connectivity index is 1.93. The molecule has 94 valence electrons. The Bertz CT molecular complexity index is 540. The second-order valence-electron chi connectivity index (χ2n) is 3.64. The van der Waals surface area contributed by atoms with Crippen LogP contribution in [-0.4, -0.2) is 22.4 Å². The van der Waals surface area contributed by atoms with Gasteiger partial charge in [0.05, 0.1) is 12.1 Å². The van der Waals surface area contributed by atoms with Crippen molar-refractivity contribution < 1.29 is 9.53 Å². The van der Waals surface area contributed by atoms with E-state index in [-0.39, 0.29) is 6.61 Å². The molecule has 0 unspecified atom stereocenters. The number of nitrogens with two attached hydrogens (primary N) is 1. The number of anilines is 1. The van der Waals surface area contributed by atoms with Crippen molar-refractivity contribution in [3.63, 3.8) is 0 Å². The molecule has 5 nitrogen and oxygen atoms in total. The molecule has 0 spiro atoms. The molecule has 2 rings (SSSR count). The lowest BCUT2D eigenvalue weighted by atomic mass is 10.2. The molecule has 2 N–H and O–H groups in total. The molecule has 18 heavy (non-hydrogen) atoms. The average Bonchev–Trinajstić information content (AvgIpc) is 2.85. The summed E-state index contributed by atoms with van der Waals surface area (Å²) in [5.74, 6) is -0.402. The summed E-state index contributed by atoms with van der Waals surface area (Å²) in [6, 6.07) is 6.83. The minimum absolute atomic E-state index is 0.266. The normalized spacial score (nSPS) is 10.3. The van der Waals surface area contributed by atoms with E-state index in [1.807, 2.05) is 12.3 Å². The first kappa shape index (κ1) is 12.6. The number of halogens is 1. The Labute approximate surface area is 113 Å². The second-order valence-corrected chi connectivity index (χ2v) is 4.50. The largest absolute Gasteiger partial charge is 0.460 e. The van der Waals surface area contributed by atoms with Crippen LogP contribution in [0.2, 0.25) is 0 Å². The molecular formula is C12H12BrN3O2. The molecule has 0 radical (unpaired) electrons. The number of ether oxygens (including phenoxy) is 1. The van der Waals surface area contributed by atoms with Crippen molar-refractivity contribution in [2.24, 2.45) is 0 Å². The average molecular weight is 310 g/mol. The maximum absolute atomic E-state index is 11.8. The Hall–Kier alpha value is -1.82. The van der Waals surface area contributed by atoms with Crippen LogP contribution in [0.4, 0.5) is 5.69 Å². The van der Waals surface area contributed by atoms with E-state index in [0.717, 1.165) is 0 Å². The Morgan fingerprint density at radius 1 is 1.50 bits per heavy atom. The highest BCUT2D eigenvalue weighted by atomic mass is 79.9. The first-order chi connectivity index (χ1) is 8.66. The molecule has 0 amide bonds. The molecule has 0 aliphatic carbocycles. The van der Waals surface area contributed by atoms with Gasteiger partial charge in [0.25, 0.3) is 0 Å². The summed E-state index contributed by atoms with van der Waals surface area (Å²) in [6.07, 6.45) is 3.49. The van der Waals surface area contributed by atoms with Gasteiger partial charge in [-0.3, -0.25) is 4.68 Å². The van der Waals surface area contributed by atoms with Crippen LogP contribution in [0.5, 0.6) is 0 Å². The zero-order chi connectivity index (χ0) is 13.0. The maximum atomic E-state index is 11.8. The highest BCUT2D eigenvalue weighted by Crippen LogP contribution is 2.20. The lowest BCUT2D eigenvalue weighted by Gasteiger charge is -2.07. The van der Waals surface area contributed by atoms with E-state index in [1.54, 1.807) is 29.1 Å². The molecule has 0 atom stereocenters. The van der Waals surface area contributed by atoms with Gasteiger partial charge >= 0.3 is 5.97 Å². The summed E-state index contributed by atoms with van der Waals surface area (Å²) in [5, 5.41) is 4.01. The number of rotatable bonds is 4. The third-order valence-corrected chi connectivity index (χ3v) is 3.01. The van der Waals surface area contributed by atoms with Crippen LogP contribution in [0, 0.1) is 0 Å². The van der Waals surface area contributed by atoms with Gasteiger partial charge in [-0.25, -0.2) is 4.79 Å². The molecule has 1 aromatic heterocycles. The van der Waals surface area contributed by atoms with Gasteiger partial charge in [0.2, 0.25) is 0 Å². The van der Waals surface area contributed by atoms with Crippen molar-refractivity contribution in [1.82, 2.24) is 9.78 Å². The number of benzene rings is 1. The van der Waals surface area contributed by atoms with Crippen LogP contribution in [0.25, 0.3) is 0 Å². The maximum Gasteiger partial charge on any atom is 0.339 e. The number of carbonyl (C=O) groups excluding carboxylic acids is 1. The monoisotopic (exact) mass is 309 g/mol. The predicted octanol–water partition coefficient (Wildman–Crippen LogP) is 2.08. The van der Waals surface area contributed by atoms with Gasteiger partial charge in [0.15, 0.2) is 0 Å². The summed E-state index contributed by atoms with van der Waals surface area (Å²) in [5.41, 5.74) is 6.58.